The number of carbonyl (C=O) groups is 1. The standard InChI is InChI=1S/C20H24FN3O3S/c1-2-24-13-5-6-16(24)14-22-20(25)18-7-3-4-8-19(18)23-28(26,27)17-11-9-15(21)10-12-17/h3-4,7-12,16,23H,2,5-6,13-14H2,1H3,(H,22,25). The topological polar surface area (TPSA) is 78.5 Å². The van der Waals surface area contributed by atoms with Gasteiger partial charge in [0.25, 0.3) is 15.9 Å². The van der Waals surface area contributed by atoms with E-state index in [1.165, 1.54) is 18.2 Å². The molecule has 1 unspecified atom stereocenters. The van der Waals surface area contributed by atoms with Crippen molar-refractivity contribution in [3.05, 3.63) is 59.9 Å². The highest BCUT2D eigenvalue weighted by molar-refractivity contribution is 7.92. The number of hydrogen-bond donors (Lipinski definition) is 2. The predicted octanol–water partition coefficient (Wildman–Crippen LogP) is 2.84. The molecule has 1 aliphatic heterocycles. The molecule has 1 aliphatic rings. The number of halogens is 1. The SMILES string of the molecule is CCN1CCCC1CNC(=O)c1ccccc1NS(=O)(=O)c1ccc(F)cc1. The van der Waals surface area contributed by atoms with E-state index in [-0.39, 0.29) is 22.1 Å². The van der Waals surface area contributed by atoms with Gasteiger partial charge in [-0.3, -0.25) is 14.4 Å². The van der Waals surface area contributed by atoms with Crippen molar-refractivity contribution >= 4 is 21.6 Å². The second-order valence-corrected chi connectivity index (χ2v) is 8.42. The molecule has 0 radical (unpaired) electrons. The third-order valence-electron chi connectivity index (χ3n) is 4.94. The second-order valence-electron chi connectivity index (χ2n) is 6.74. The average molecular weight is 405 g/mol. The summed E-state index contributed by atoms with van der Waals surface area (Å²) in [5.41, 5.74) is 0.428. The molecule has 28 heavy (non-hydrogen) atoms. The van der Waals surface area contributed by atoms with Crippen molar-refractivity contribution in [2.24, 2.45) is 0 Å². The van der Waals surface area contributed by atoms with Crippen molar-refractivity contribution in [1.82, 2.24) is 10.2 Å². The number of nitrogens with one attached hydrogen (secondary N) is 2. The van der Waals surface area contributed by atoms with E-state index in [2.05, 4.69) is 21.9 Å². The second kappa shape index (κ2) is 8.70. The summed E-state index contributed by atoms with van der Waals surface area (Å²) in [6.07, 6.45) is 2.15. The van der Waals surface area contributed by atoms with Gasteiger partial charge in [-0.25, -0.2) is 12.8 Å². The normalized spacial score (nSPS) is 17.4. The van der Waals surface area contributed by atoms with Crippen LogP contribution in [-0.4, -0.2) is 44.9 Å². The molecule has 0 saturated carbocycles. The lowest BCUT2D eigenvalue weighted by Gasteiger charge is -2.23. The fraction of sp³-hybridized carbons (Fsp3) is 0.350. The summed E-state index contributed by atoms with van der Waals surface area (Å²) in [6.45, 7) is 4.59. The molecule has 2 N–H and O–H groups in total. The summed E-state index contributed by atoms with van der Waals surface area (Å²) in [7, 11) is -3.93. The first kappa shape index (κ1) is 20.3. The summed E-state index contributed by atoms with van der Waals surface area (Å²) in [6, 6.07) is 11.3. The van der Waals surface area contributed by atoms with Gasteiger partial charge in [0.2, 0.25) is 0 Å². The first-order valence-electron chi connectivity index (χ1n) is 9.30. The first-order chi connectivity index (χ1) is 13.4. The number of rotatable bonds is 7. The van der Waals surface area contributed by atoms with Crippen LogP contribution >= 0.6 is 0 Å². The highest BCUT2D eigenvalue weighted by Crippen LogP contribution is 2.21. The molecule has 150 valence electrons. The minimum absolute atomic E-state index is 0.0753. The molecule has 0 aliphatic carbocycles. The van der Waals surface area contributed by atoms with Crippen molar-refractivity contribution < 1.29 is 17.6 Å². The van der Waals surface area contributed by atoms with Gasteiger partial charge < -0.3 is 5.32 Å². The zero-order valence-electron chi connectivity index (χ0n) is 15.7. The van der Waals surface area contributed by atoms with E-state index in [0.717, 1.165) is 38.1 Å². The molecule has 8 heteroatoms. The number of anilines is 1. The summed E-state index contributed by atoms with van der Waals surface area (Å²) < 4.78 is 40.6. The Kier molecular flexibility index (Phi) is 6.31. The van der Waals surface area contributed by atoms with Crippen LogP contribution in [0.25, 0.3) is 0 Å². The van der Waals surface area contributed by atoms with Crippen molar-refractivity contribution in [1.29, 1.82) is 0 Å². The van der Waals surface area contributed by atoms with E-state index < -0.39 is 15.8 Å². The lowest BCUT2D eigenvalue weighted by molar-refractivity contribution is 0.0942. The van der Waals surface area contributed by atoms with Gasteiger partial charge in [0, 0.05) is 12.6 Å². The Morgan fingerprint density at radius 1 is 1.18 bits per heavy atom. The van der Waals surface area contributed by atoms with E-state index in [1.54, 1.807) is 18.2 Å². The number of nitrogens with zero attached hydrogens (tertiary/aromatic N) is 1. The van der Waals surface area contributed by atoms with Gasteiger partial charge in [0.05, 0.1) is 16.1 Å². The van der Waals surface area contributed by atoms with Crippen LogP contribution in [0, 0.1) is 5.82 Å². The predicted molar refractivity (Wildman–Crippen MR) is 106 cm³/mol. The van der Waals surface area contributed by atoms with Crippen LogP contribution < -0.4 is 10.0 Å². The summed E-state index contributed by atoms with van der Waals surface area (Å²) in [4.78, 5) is 14.9. The summed E-state index contributed by atoms with van der Waals surface area (Å²) >= 11 is 0. The Bertz CT molecular complexity index is 932. The molecule has 0 spiro atoms. The summed E-state index contributed by atoms with van der Waals surface area (Å²) in [5.74, 6) is -0.855. The van der Waals surface area contributed by atoms with Gasteiger partial charge in [-0.05, 0) is 62.3 Å². The van der Waals surface area contributed by atoms with Crippen LogP contribution in [0.4, 0.5) is 10.1 Å². The number of sulfonamides is 1. The van der Waals surface area contributed by atoms with E-state index >= 15 is 0 Å². The van der Waals surface area contributed by atoms with Crippen LogP contribution in [0.15, 0.2) is 53.4 Å². The highest BCUT2D eigenvalue weighted by Gasteiger charge is 2.24. The van der Waals surface area contributed by atoms with Gasteiger partial charge >= 0.3 is 0 Å². The maximum Gasteiger partial charge on any atom is 0.261 e. The number of hydrogen-bond acceptors (Lipinski definition) is 4. The third-order valence-corrected chi connectivity index (χ3v) is 6.32. The van der Waals surface area contributed by atoms with E-state index in [1.807, 2.05) is 0 Å². The van der Waals surface area contributed by atoms with Crippen LogP contribution in [-0.2, 0) is 10.0 Å². The number of likely N-dealkylation sites (tertiary alicyclic amines) is 1. The largest absolute Gasteiger partial charge is 0.350 e. The van der Waals surface area contributed by atoms with Crippen molar-refractivity contribution in [2.45, 2.75) is 30.7 Å². The van der Waals surface area contributed by atoms with Gasteiger partial charge in [0.15, 0.2) is 0 Å². The zero-order valence-corrected chi connectivity index (χ0v) is 16.5. The van der Waals surface area contributed by atoms with Crippen LogP contribution in [0.3, 0.4) is 0 Å². The number of para-hydroxylation sites is 1. The third kappa shape index (κ3) is 4.69. The van der Waals surface area contributed by atoms with Crippen LogP contribution in [0.5, 0.6) is 0 Å². The molecule has 2 aromatic carbocycles. The monoisotopic (exact) mass is 405 g/mol. The molecule has 1 saturated heterocycles. The molecular formula is C20H24FN3O3S. The van der Waals surface area contributed by atoms with Gasteiger partial charge in [-0.1, -0.05) is 19.1 Å². The Hall–Kier alpha value is -2.45. The van der Waals surface area contributed by atoms with Gasteiger partial charge in [0.1, 0.15) is 5.82 Å². The molecule has 6 nitrogen and oxygen atoms in total. The Morgan fingerprint density at radius 2 is 1.89 bits per heavy atom. The maximum absolute atomic E-state index is 13.1. The molecule has 1 atom stereocenters. The van der Waals surface area contributed by atoms with Crippen molar-refractivity contribution in [3.63, 3.8) is 0 Å². The fourth-order valence-corrected chi connectivity index (χ4v) is 4.52. The molecule has 0 bridgehead atoms. The smallest absolute Gasteiger partial charge is 0.261 e. The van der Waals surface area contributed by atoms with Gasteiger partial charge in [-0.2, -0.15) is 0 Å². The quantitative estimate of drug-likeness (QED) is 0.743. The molecular weight excluding hydrogens is 381 g/mol. The number of benzene rings is 2. The first-order valence-corrected chi connectivity index (χ1v) is 10.8. The van der Waals surface area contributed by atoms with E-state index in [9.17, 15) is 17.6 Å². The van der Waals surface area contributed by atoms with Crippen molar-refractivity contribution in [2.75, 3.05) is 24.4 Å². The van der Waals surface area contributed by atoms with Crippen LogP contribution in [0.1, 0.15) is 30.1 Å². The molecule has 1 amide bonds. The molecule has 1 fully saturated rings. The minimum atomic E-state index is -3.93. The van der Waals surface area contributed by atoms with E-state index in [4.69, 9.17) is 0 Å². The lowest BCUT2D eigenvalue weighted by Crippen LogP contribution is -2.40. The molecule has 1 heterocycles. The Labute approximate surface area is 164 Å². The van der Waals surface area contributed by atoms with E-state index in [0.29, 0.717) is 12.6 Å². The maximum atomic E-state index is 13.1. The Balaban J connectivity index is 1.73. The summed E-state index contributed by atoms with van der Waals surface area (Å²) in [5, 5.41) is 2.91. The Morgan fingerprint density at radius 3 is 2.61 bits per heavy atom. The number of amides is 1. The van der Waals surface area contributed by atoms with Gasteiger partial charge in [-0.15, -0.1) is 0 Å². The number of carbonyl (C=O) groups excluding carboxylic acids is 1. The lowest BCUT2D eigenvalue weighted by atomic mass is 10.1. The molecule has 0 aromatic heterocycles. The average Bonchev–Trinajstić information content (AvgIpc) is 3.14. The number of likely N-dealkylation sites (N-methyl/N-ethyl adjacent to an activating group) is 1. The molecule has 3 rings (SSSR count). The van der Waals surface area contributed by atoms with Crippen molar-refractivity contribution in [3.8, 4) is 0 Å². The van der Waals surface area contributed by atoms with Crippen LogP contribution in [0.2, 0.25) is 0 Å². The highest BCUT2D eigenvalue weighted by atomic mass is 32.2. The zero-order chi connectivity index (χ0) is 20.1. The minimum Gasteiger partial charge on any atom is -0.350 e. The fourth-order valence-electron chi connectivity index (χ4n) is 3.44. The molecule has 2 aromatic rings.